The molecular weight excluding hydrogens is 1140 g/mol. The molecule has 0 saturated heterocycles. The van der Waals surface area contributed by atoms with Crippen LogP contribution in [0.25, 0.3) is 21.1 Å². The molecule has 10 rings (SSSR count). The van der Waals surface area contributed by atoms with Crippen molar-refractivity contribution in [2.45, 2.75) is 84.7 Å². The van der Waals surface area contributed by atoms with Gasteiger partial charge >= 0.3 is 24.3 Å². The number of methoxy groups -OCH3 is 2. The predicted octanol–water partition coefficient (Wildman–Crippen LogP) is 13.7. The highest BCUT2D eigenvalue weighted by atomic mass is 32.1. The molecule has 1 atom stereocenters. The van der Waals surface area contributed by atoms with Gasteiger partial charge < -0.3 is 30.3 Å². The summed E-state index contributed by atoms with van der Waals surface area (Å²) < 4.78 is 115. The van der Waals surface area contributed by atoms with E-state index in [9.17, 15) is 54.6 Å². The van der Waals surface area contributed by atoms with Crippen molar-refractivity contribution in [1.29, 1.82) is 0 Å². The number of carbonyl (C=O) groups excluding carboxylic acids is 3. The summed E-state index contributed by atoms with van der Waals surface area (Å²) in [5, 5.41) is 25.1. The van der Waals surface area contributed by atoms with Crippen LogP contribution in [0.4, 0.5) is 58.4 Å². The average Bonchev–Trinajstić information content (AvgIpc) is 3.91. The molecule has 6 heterocycles. The van der Waals surface area contributed by atoms with Crippen LogP contribution < -0.4 is 10.6 Å². The zero-order valence-electron chi connectivity index (χ0n) is 43.9. The highest BCUT2D eigenvalue weighted by Crippen LogP contribution is 2.45. The minimum Gasteiger partial charge on any atom is -0.481 e. The maximum atomic E-state index is 14.8. The monoisotopic (exact) mass is 1190 g/mol. The Kier molecular flexibility index (Phi) is 20.7. The Bertz CT molecular complexity index is 3650. The standard InChI is InChI=1S/C27H22F4N4O3S.C15H11F3N4S.C12H11FO3.C2H4O2.CH4/c1-14-8-20(34-23(9-14)35-22-11-16(5-7-32-22)27(29,30)31)21-13-33-25(39-21)26(37)6-3-4-15-10-17(24(36)38-2)19(28)12-18(15)26;1-9-4-11(12-7-19-8-23-12)21-14(5-9)22-13-6-10(2-3-20-13)15(16,17)18;1-16-12(15)9-5-7-3-2-4-11(14)8(7)6-10(9)13;1-2(3)4;/h5,7-13,37H,3-4,6H2,1-2H3,(H,32,34,35);2-8H,1H3,(H,20,21,22);5-6H,2-4H2,1H3;1H3,(H,3,4);1H4. The van der Waals surface area contributed by atoms with E-state index >= 15 is 0 Å². The van der Waals surface area contributed by atoms with Crippen molar-refractivity contribution < 1.29 is 74.0 Å². The second-order valence-electron chi connectivity index (χ2n) is 18.3. The van der Waals surface area contributed by atoms with E-state index in [0.717, 1.165) is 83.7 Å². The fraction of sp³-hybridized carbons (Fsp3) is 0.263. The van der Waals surface area contributed by atoms with Crippen molar-refractivity contribution >= 4 is 69.6 Å². The Labute approximate surface area is 477 Å². The van der Waals surface area contributed by atoms with Gasteiger partial charge in [-0.2, -0.15) is 26.3 Å². The summed E-state index contributed by atoms with van der Waals surface area (Å²) in [5.41, 5.74) is 3.25. The molecule has 0 amide bonds. The number of carboxylic acids is 1. The van der Waals surface area contributed by atoms with Gasteiger partial charge in [0.1, 0.15) is 45.5 Å². The number of aliphatic hydroxyl groups is 1. The number of carbonyl (C=O) groups is 4. The molecule has 0 radical (unpaired) electrons. The van der Waals surface area contributed by atoms with E-state index in [1.165, 1.54) is 49.0 Å². The molecule has 8 aromatic rings. The van der Waals surface area contributed by atoms with Gasteiger partial charge in [0.15, 0.2) is 5.78 Å². The van der Waals surface area contributed by atoms with E-state index in [-0.39, 0.29) is 41.8 Å². The smallest absolute Gasteiger partial charge is 0.416 e. The lowest BCUT2D eigenvalue weighted by Crippen LogP contribution is -2.32. The van der Waals surface area contributed by atoms with Gasteiger partial charge in [0, 0.05) is 43.7 Å². The Balaban J connectivity index is 0.000000212. The summed E-state index contributed by atoms with van der Waals surface area (Å²) in [7, 11) is 2.37. The number of pyridine rings is 4. The summed E-state index contributed by atoms with van der Waals surface area (Å²) in [6.07, 6.45) is -0.158. The molecule has 1 unspecified atom stereocenters. The van der Waals surface area contributed by atoms with Crippen LogP contribution in [0.1, 0.15) is 115 Å². The van der Waals surface area contributed by atoms with Gasteiger partial charge in [-0.15, -0.1) is 22.7 Å². The summed E-state index contributed by atoms with van der Waals surface area (Å²) in [5.74, 6) is -3.09. The number of rotatable bonds is 9. The Hall–Kier alpha value is -8.62. The molecule has 83 heavy (non-hydrogen) atoms. The van der Waals surface area contributed by atoms with Gasteiger partial charge in [0.2, 0.25) is 0 Å². The van der Waals surface area contributed by atoms with Crippen LogP contribution in [0, 0.1) is 25.5 Å². The Morgan fingerprint density at radius 1 is 0.663 bits per heavy atom. The normalized spacial score (nSPS) is 14.3. The van der Waals surface area contributed by atoms with Crippen LogP contribution >= 0.6 is 22.7 Å². The lowest BCUT2D eigenvalue weighted by atomic mass is 9.78. The van der Waals surface area contributed by atoms with E-state index in [1.54, 1.807) is 36.1 Å². The maximum absolute atomic E-state index is 14.8. The number of halogens is 8. The maximum Gasteiger partial charge on any atom is 0.416 e. The third-order valence-corrected chi connectivity index (χ3v) is 14.2. The van der Waals surface area contributed by atoms with Crippen molar-refractivity contribution in [3.63, 3.8) is 0 Å². The van der Waals surface area contributed by atoms with Crippen LogP contribution in [0.2, 0.25) is 0 Å². The number of Topliss-reactive ketones (excluding diaryl/α,β-unsaturated/α-hetero) is 1. The molecule has 26 heteroatoms. The SMILES string of the molecule is C.CC(=O)O.COC(=O)c1cc2c(cc1F)C(=O)CCC2.COC(=O)c1cc2c(cc1F)C(O)(c1ncc(-c3cc(C)cc(Nc4cc(C(F)(F)F)ccn4)n3)s1)CCC2.Cc1cc(Nc2cc(C(F)(F)F)ccn2)nc(-c2cncs2)c1. The number of anilines is 4. The molecule has 2 aromatic carbocycles. The van der Waals surface area contributed by atoms with Gasteiger partial charge in [-0.05, 0) is 147 Å². The number of fused-ring (bicyclic) bond motifs is 2. The van der Waals surface area contributed by atoms with Gasteiger partial charge in [-0.1, -0.05) is 7.43 Å². The fourth-order valence-electron chi connectivity index (χ4n) is 8.55. The van der Waals surface area contributed by atoms with Crippen molar-refractivity contribution in [3.05, 3.63) is 175 Å². The topological polar surface area (TPSA) is 229 Å². The highest BCUT2D eigenvalue weighted by molar-refractivity contribution is 7.15. The van der Waals surface area contributed by atoms with Crippen molar-refractivity contribution in [1.82, 2.24) is 29.9 Å². The number of ether oxygens (including phenoxy) is 2. The largest absolute Gasteiger partial charge is 0.481 e. The van der Waals surface area contributed by atoms with Crippen LogP contribution in [-0.4, -0.2) is 78.0 Å². The van der Waals surface area contributed by atoms with Gasteiger partial charge in [0.05, 0.1) is 63.1 Å². The molecule has 2 aliphatic carbocycles. The van der Waals surface area contributed by atoms with Crippen molar-refractivity contribution in [2.75, 3.05) is 24.9 Å². The van der Waals surface area contributed by atoms with Crippen molar-refractivity contribution in [3.8, 4) is 21.1 Å². The molecular formula is C57H52F8N8O8S2. The second kappa shape index (κ2) is 27.0. The number of benzene rings is 2. The van der Waals surface area contributed by atoms with Crippen LogP contribution in [-0.2, 0) is 45.1 Å². The quantitative estimate of drug-likeness (QED) is 0.0778. The highest BCUT2D eigenvalue weighted by Gasteiger charge is 2.40. The van der Waals surface area contributed by atoms with E-state index in [4.69, 9.17) is 9.90 Å². The summed E-state index contributed by atoms with van der Waals surface area (Å²) >= 11 is 2.62. The molecule has 16 nitrogen and oxygen atoms in total. The first kappa shape index (κ1) is 63.6. The van der Waals surface area contributed by atoms with Gasteiger partial charge in [-0.25, -0.2) is 43.3 Å². The van der Waals surface area contributed by atoms with Crippen LogP contribution in [0.3, 0.4) is 0 Å². The van der Waals surface area contributed by atoms with E-state index in [0.29, 0.717) is 75.9 Å². The number of alkyl halides is 6. The number of ketones is 1. The number of thiazole rings is 2. The number of aromatic nitrogens is 6. The van der Waals surface area contributed by atoms with E-state index in [2.05, 4.69) is 50.0 Å². The van der Waals surface area contributed by atoms with Gasteiger partial charge in [0.25, 0.3) is 5.97 Å². The number of aryl methyl sites for hydroxylation is 4. The number of aliphatic carboxylic acids is 1. The number of hydrogen-bond acceptors (Lipinski definition) is 17. The number of nitrogens with zero attached hydrogens (tertiary/aromatic N) is 6. The minimum atomic E-state index is -4.51. The first-order valence-corrected chi connectivity index (χ1v) is 26.2. The van der Waals surface area contributed by atoms with E-state index < -0.39 is 58.6 Å². The zero-order chi connectivity index (χ0) is 59.7. The lowest BCUT2D eigenvalue weighted by molar-refractivity contribution is -0.138. The third-order valence-electron chi connectivity index (χ3n) is 12.2. The predicted molar refractivity (Wildman–Crippen MR) is 294 cm³/mol. The molecule has 6 aromatic heterocycles. The van der Waals surface area contributed by atoms with Gasteiger partial charge in [-0.3, -0.25) is 14.6 Å². The summed E-state index contributed by atoms with van der Waals surface area (Å²) in [6.45, 7) is 4.78. The summed E-state index contributed by atoms with van der Waals surface area (Å²) in [6, 6.07) is 15.9. The molecule has 0 spiro atoms. The third kappa shape index (κ3) is 16.1. The van der Waals surface area contributed by atoms with Crippen LogP contribution in [0.5, 0.6) is 0 Å². The average molecular weight is 1190 g/mol. The number of hydrogen-bond donors (Lipinski definition) is 4. The Morgan fingerprint density at radius 2 is 1.17 bits per heavy atom. The number of esters is 2. The molecule has 2 aliphatic rings. The van der Waals surface area contributed by atoms with Crippen LogP contribution in [0.15, 0.2) is 103 Å². The molecule has 0 bridgehead atoms. The molecule has 436 valence electrons. The second-order valence-corrected chi connectivity index (χ2v) is 20.2. The number of carboxylic acid groups (broad SMARTS) is 1. The molecule has 0 saturated carbocycles. The van der Waals surface area contributed by atoms with Crippen molar-refractivity contribution in [2.24, 2.45) is 0 Å². The lowest BCUT2D eigenvalue weighted by Gasteiger charge is -2.33. The summed E-state index contributed by atoms with van der Waals surface area (Å²) in [4.78, 5) is 70.4. The first-order valence-electron chi connectivity index (χ1n) is 24.5. The molecule has 0 fully saturated rings. The fourth-order valence-corrected chi connectivity index (χ4v) is 10.1. The minimum absolute atomic E-state index is 0. The molecule has 0 aliphatic heterocycles. The zero-order valence-corrected chi connectivity index (χ0v) is 45.6. The van der Waals surface area contributed by atoms with E-state index in [1.807, 2.05) is 19.9 Å². The first-order chi connectivity index (χ1) is 38.8. The Morgan fingerprint density at radius 3 is 1.67 bits per heavy atom. The number of nitrogens with one attached hydrogen (secondary N) is 2. The molecule has 4 N–H and O–H groups in total.